The molecule has 0 saturated carbocycles. The lowest BCUT2D eigenvalue weighted by atomic mass is 9.95. The summed E-state index contributed by atoms with van der Waals surface area (Å²) < 4.78 is 15.6. The molecule has 11 heteroatoms. The number of nitrogens with one attached hydrogen (secondary N) is 2. The van der Waals surface area contributed by atoms with E-state index in [4.69, 9.17) is 14.2 Å². The highest BCUT2D eigenvalue weighted by Crippen LogP contribution is 2.38. The molecular weight excluding hydrogens is 522 g/mol. The van der Waals surface area contributed by atoms with Crippen LogP contribution in [0.5, 0.6) is 11.5 Å². The van der Waals surface area contributed by atoms with Gasteiger partial charge in [-0.2, -0.15) is 5.10 Å². The lowest BCUT2D eigenvalue weighted by Gasteiger charge is -2.12. The van der Waals surface area contributed by atoms with E-state index in [0.717, 1.165) is 36.1 Å². The summed E-state index contributed by atoms with van der Waals surface area (Å²) in [6.07, 6.45) is 4.84. The Balaban J connectivity index is 1.32. The second kappa shape index (κ2) is 12.8. The third kappa shape index (κ3) is 6.88. The van der Waals surface area contributed by atoms with Gasteiger partial charge >= 0.3 is 23.8 Å². The number of esters is 2. The van der Waals surface area contributed by atoms with Crippen LogP contribution in [-0.2, 0) is 27.2 Å². The summed E-state index contributed by atoms with van der Waals surface area (Å²) in [5.41, 5.74) is 4.36. The van der Waals surface area contributed by atoms with E-state index in [0.29, 0.717) is 33.2 Å². The van der Waals surface area contributed by atoms with Crippen LogP contribution in [0.4, 0.5) is 5.00 Å². The fourth-order valence-corrected chi connectivity index (χ4v) is 5.24. The standard InChI is InChI=1S/C28H27N3O7S/c1-3-37-28(35)23-21-6-4-5-7-22(21)39-26(23)30-24(32)25(33)31-29-16-17-8-12-20(13-9-17)38-27(34)18-10-14-19(36-2)15-11-18/h8-16H,3-7H2,1-2H3,(H,30,32)(H,31,33). The summed E-state index contributed by atoms with van der Waals surface area (Å²) >= 11 is 1.30. The number of carbonyl (C=O) groups is 4. The Morgan fingerprint density at radius 1 is 0.923 bits per heavy atom. The Kier molecular flexibility index (Phi) is 9.06. The van der Waals surface area contributed by atoms with E-state index in [-0.39, 0.29) is 6.61 Å². The number of carbonyl (C=O) groups excluding carboxylic acids is 4. The Labute approximate surface area is 229 Å². The first kappa shape index (κ1) is 27.5. The summed E-state index contributed by atoms with van der Waals surface area (Å²) in [5.74, 6) is -2.01. The normalized spacial score (nSPS) is 12.4. The van der Waals surface area contributed by atoms with Gasteiger partial charge in [-0.1, -0.05) is 0 Å². The zero-order chi connectivity index (χ0) is 27.8. The maximum atomic E-state index is 12.5. The second-order valence-electron chi connectivity index (χ2n) is 8.48. The number of hydrazone groups is 1. The zero-order valence-electron chi connectivity index (χ0n) is 21.4. The van der Waals surface area contributed by atoms with Crippen LogP contribution >= 0.6 is 11.3 Å². The molecule has 1 aliphatic carbocycles. The molecule has 0 bridgehead atoms. The number of amides is 2. The number of rotatable bonds is 8. The van der Waals surface area contributed by atoms with E-state index in [1.807, 2.05) is 0 Å². The summed E-state index contributed by atoms with van der Waals surface area (Å²) in [6.45, 7) is 1.92. The SMILES string of the molecule is CCOC(=O)c1c(NC(=O)C(=O)NN=Cc2ccc(OC(=O)c3ccc(OC)cc3)cc2)sc2c1CCCC2. The zero-order valence-corrected chi connectivity index (χ0v) is 22.3. The average molecular weight is 550 g/mol. The number of anilines is 1. The minimum absolute atomic E-state index is 0.206. The van der Waals surface area contributed by atoms with E-state index in [2.05, 4.69) is 15.8 Å². The van der Waals surface area contributed by atoms with Crippen LogP contribution < -0.4 is 20.2 Å². The number of ether oxygens (including phenoxy) is 3. The molecule has 2 aromatic carbocycles. The topological polar surface area (TPSA) is 132 Å². The molecule has 39 heavy (non-hydrogen) atoms. The van der Waals surface area contributed by atoms with Crippen molar-refractivity contribution in [2.45, 2.75) is 32.6 Å². The van der Waals surface area contributed by atoms with Crippen LogP contribution in [0.2, 0.25) is 0 Å². The number of fused-ring (bicyclic) bond motifs is 1. The summed E-state index contributed by atoms with van der Waals surface area (Å²) in [5, 5.41) is 6.67. The van der Waals surface area contributed by atoms with E-state index in [9.17, 15) is 19.2 Å². The van der Waals surface area contributed by atoms with Crippen molar-refractivity contribution in [2.75, 3.05) is 19.0 Å². The number of hydrogen-bond acceptors (Lipinski definition) is 9. The van der Waals surface area contributed by atoms with Crippen molar-refractivity contribution < 1.29 is 33.4 Å². The number of aryl methyl sites for hydroxylation is 1. The first-order valence-electron chi connectivity index (χ1n) is 12.3. The Morgan fingerprint density at radius 3 is 2.31 bits per heavy atom. The molecule has 1 aliphatic rings. The van der Waals surface area contributed by atoms with Crippen LogP contribution in [-0.4, -0.2) is 43.7 Å². The van der Waals surface area contributed by atoms with E-state index >= 15 is 0 Å². The highest BCUT2D eigenvalue weighted by Gasteiger charge is 2.28. The van der Waals surface area contributed by atoms with Gasteiger partial charge in [0.15, 0.2) is 0 Å². The molecule has 2 amide bonds. The molecule has 10 nitrogen and oxygen atoms in total. The molecule has 3 aromatic rings. The molecule has 0 radical (unpaired) electrons. The molecule has 202 valence electrons. The van der Waals surface area contributed by atoms with Gasteiger partial charge in [-0.25, -0.2) is 15.0 Å². The molecule has 0 unspecified atom stereocenters. The Bertz CT molecular complexity index is 1400. The van der Waals surface area contributed by atoms with Crippen molar-refractivity contribution in [3.63, 3.8) is 0 Å². The molecule has 0 saturated heterocycles. The molecule has 0 atom stereocenters. The van der Waals surface area contributed by atoms with Gasteiger partial charge in [-0.15, -0.1) is 11.3 Å². The van der Waals surface area contributed by atoms with Gasteiger partial charge in [0.1, 0.15) is 16.5 Å². The predicted molar refractivity (Wildman–Crippen MR) is 146 cm³/mol. The fourth-order valence-electron chi connectivity index (χ4n) is 3.96. The van der Waals surface area contributed by atoms with Crippen LogP contribution in [0.3, 0.4) is 0 Å². The largest absolute Gasteiger partial charge is 0.497 e. The number of methoxy groups -OCH3 is 1. The third-order valence-corrected chi connectivity index (χ3v) is 7.09. The van der Waals surface area contributed by atoms with Crippen molar-refractivity contribution in [1.82, 2.24) is 5.43 Å². The number of hydrogen-bond donors (Lipinski definition) is 2. The summed E-state index contributed by atoms with van der Waals surface area (Å²) in [4.78, 5) is 50.7. The highest BCUT2D eigenvalue weighted by molar-refractivity contribution is 7.17. The minimum atomic E-state index is -0.988. The maximum Gasteiger partial charge on any atom is 0.343 e. The van der Waals surface area contributed by atoms with Gasteiger partial charge < -0.3 is 19.5 Å². The molecule has 1 aromatic heterocycles. The highest BCUT2D eigenvalue weighted by atomic mass is 32.1. The van der Waals surface area contributed by atoms with Crippen LogP contribution in [0.1, 0.15) is 56.5 Å². The van der Waals surface area contributed by atoms with Crippen molar-refractivity contribution in [1.29, 1.82) is 0 Å². The number of nitrogens with zero attached hydrogens (tertiary/aromatic N) is 1. The van der Waals surface area contributed by atoms with Gasteiger partial charge in [0, 0.05) is 4.88 Å². The van der Waals surface area contributed by atoms with Gasteiger partial charge in [-0.05, 0) is 92.3 Å². The molecule has 0 spiro atoms. The first-order chi connectivity index (χ1) is 18.9. The van der Waals surface area contributed by atoms with Gasteiger partial charge in [0.05, 0.1) is 31.1 Å². The summed E-state index contributed by atoms with van der Waals surface area (Å²) in [6, 6.07) is 13.0. The molecule has 1 heterocycles. The molecule has 4 rings (SSSR count). The van der Waals surface area contributed by atoms with Crippen molar-refractivity contribution in [2.24, 2.45) is 5.10 Å². The molecule has 0 fully saturated rings. The molecule has 0 aliphatic heterocycles. The summed E-state index contributed by atoms with van der Waals surface area (Å²) in [7, 11) is 1.54. The third-order valence-electron chi connectivity index (χ3n) is 5.88. The smallest absolute Gasteiger partial charge is 0.343 e. The van der Waals surface area contributed by atoms with Crippen LogP contribution in [0, 0.1) is 0 Å². The maximum absolute atomic E-state index is 12.5. The quantitative estimate of drug-likeness (QED) is 0.142. The van der Waals surface area contributed by atoms with E-state index in [1.54, 1.807) is 55.5 Å². The van der Waals surface area contributed by atoms with Crippen LogP contribution in [0.15, 0.2) is 53.6 Å². The lowest BCUT2D eigenvalue weighted by Crippen LogP contribution is -2.32. The van der Waals surface area contributed by atoms with Gasteiger partial charge in [-0.3, -0.25) is 9.59 Å². The number of thiophene rings is 1. The van der Waals surface area contributed by atoms with Gasteiger partial charge in [0.25, 0.3) is 0 Å². The first-order valence-corrected chi connectivity index (χ1v) is 13.1. The van der Waals surface area contributed by atoms with Crippen LogP contribution in [0.25, 0.3) is 0 Å². The average Bonchev–Trinajstić information content (AvgIpc) is 3.32. The minimum Gasteiger partial charge on any atom is -0.497 e. The second-order valence-corrected chi connectivity index (χ2v) is 9.58. The number of benzene rings is 2. The predicted octanol–water partition coefficient (Wildman–Crippen LogP) is 4.12. The Morgan fingerprint density at radius 2 is 1.62 bits per heavy atom. The van der Waals surface area contributed by atoms with E-state index in [1.165, 1.54) is 24.7 Å². The van der Waals surface area contributed by atoms with E-state index < -0.39 is 23.8 Å². The monoisotopic (exact) mass is 549 g/mol. The van der Waals surface area contributed by atoms with Crippen molar-refractivity contribution in [3.8, 4) is 11.5 Å². The Hall–Kier alpha value is -4.51. The lowest BCUT2D eigenvalue weighted by molar-refractivity contribution is -0.136. The molecular formula is C28H27N3O7S. The van der Waals surface area contributed by atoms with Crippen molar-refractivity contribution >= 4 is 46.3 Å². The fraction of sp³-hybridized carbons (Fsp3) is 0.250. The van der Waals surface area contributed by atoms with Gasteiger partial charge in [0.2, 0.25) is 0 Å². The molecule has 2 N–H and O–H groups in total. The van der Waals surface area contributed by atoms with Crippen molar-refractivity contribution in [3.05, 3.63) is 75.7 Å².